The Hall–Kier alpha value is -3.08. The second-order valence-corrected chi connectivity index (χ2v) is 8.38. The number of carbonyl (C=O) groups is 1. The van der Waals surface area contributed by atoms with Crippen LogP contribution in [0.25, 0.3) is 11.0 Å². The highest BCUT2D eigenvalue weighted by Gasteiger charge is 2.33. The Balaban J connectivity index is 1.44. The van der Waals surface area contributed by atoms with Gasteiger partial charge < -0.3 is 14.2 Å². The molecule has 3 aromatic rings. The molecule has 0 radical (unpaired) electrons. The second-order valence-electron chi connectivity index (χ2n) is 8.38. The van der Waals surface area contributed by atoms with E-state index >= 15 is 0 Å². The Labute approximate surface area is 184 Å². The van der Waals surface area contributed by atoms with E-state index in [4.69, 9.17) is 9.72 Å². The number of para-hydroxylation sites is 3. The normalized spacial score (nSPS) is 16.3. The number of aromatic nitrogens is 2. The number of amides is 1. The number of hydrogen-bond acceptors (Lipinski definition) is 3. The van der Waals surface area contributed by atoms with E-state index in [-0.39, 0.29) is 11.8 Å². The van der Waals surface area contributed by atoms with E-state index in [1.165, 1.54) is 11.1 Å². The third-order valence-electron chi connectivity index (χ3n) is 6.04. The molecule has 1 aliphatic rings. The molecular formula is C26H31N3O2. The first-order chi connectivity index (χ1) is 15.1. The fraction of sp³-hybridized carbons (Fsp3) is 0.385. The lowest BCUT2D eigenvalue weighted by molar-refractivity contribution is -0.127. The van der Waals surface area contributed by atoms with Gasteiger partial charge in [-0.05, 0) is 49.9 Å². The summed E-state index contributed by atoms with van der Waals surface area (Å²) >= 11 is 0. The van der Waals surface area contributed by atoms with Crippen molar-refractivity contribution in [2.45, 2.75) is 45.6 Å². The van der Waals surface area contributed by atoms with Crippen LogP contribution in [-0.2, 0) is 11.3 Å². The lowest BCUT2D eigenvalue weighted by Gasteiger charge is -2.16. The number of carbonyl (C=O) groups excluding carboxylic acids is 1. The fourth-order valence-corrected chi connectivity index (χ4v) is 4.49. The van der Waals surface area contributed by atoms with Crippen molar-refractivity contribution in [3.8, 4) is 5.75 Å². The third-order valence-corrected chi connectivity index (χ3v) is 6.04. The lowest BCUT2D eigenvalue weighted by atomic mass is 10.1. The predicted octanol–water partition coefficient (Wildman–Crippen LogP) is 5.01. The van der Waals surface area contributed by atoms with Crippen LogP contribution in [-0.4, -0.2) is 40.1 Å². The number of ether oxygens (including phenoxy) is 1. The van der Waals surface area contributed by atoms with Crippen LogP contribution >= 0.6 is 0 Å². The molecule has 1 saturated heterocycles. The van der Waals surface area contributed by atoms with E-state index in [2.05, 4.69) is 61.4 Å². The topological polar surface area (TPSA) is 47.4 Å². The van der Waals surface area contributed by atoms with Gasteiger partial charge in [0.25, 0.3) is 0 Å². The molecule has 0 unspecified atom stereocenters. The van der Waals surface area contributed by atoms with Crippen molar-refractivity contribution in [1.29, 1.82) is 0 Å². The largest absolute Gasteiger partial charge is 0.493 e. The van der Waals surface area contributed by atoms with Crippen LogP contribution in [0.3, 0.4) is 0 Å². The molecule has 1 amide bonds. The van der Waals surface area contributed by atoms with Crippen LogP contribution in [0.2, 0.25) is 0 Å². The fourth-order valence-electron chi connectivity index (χ4n) is 4.49. The predicted molar refractivity (Wildman–Crippen MR) is 125 cm³/mol. The van der Waals surface area contributed by atoms with Crippen LogP contribution in [0, 0.1) is 13.8 Å². The maximum absolute atomic E-state index is 12.4. The van der Waals surface area contributed by atoms with E-state index in [1.54, 1.807) is 6.08 Å². The van der Waals surface area contributed by atoms with Crippen LogP contribution in [0.1, 0.15) is 42.1 Å². The molecule has 1 atom stereocenters. The van der Waals surface area contributed by atoms with E-state index in [0.717, 1.165) is 42.0 Å². The van der Waals surface area contributed by atoms with Gasteiger partial charge in [0, 0.05) is 32.0 Å². The number of fused-ring (bicyclic) bond motifs is 1. The van der Waals surface area contributed by atoms with Gasteiger partial charge >= 0.3 is 0 Å². The van der Waals surface area contributed by atoms with Gasteiger partial charge in [-0.25, -0.2) is 4.98 Å². The van der Waals surface area contributed by atoms with E-state index in [0.29, 0.717) is 26.1 Å². The van der Waals surface area contributed by atoms with Gasteiger partial charge in [0.2, 0.25) is 5.91 Å². The summed E-state index contributed by atoms with van der Waals surface area (Å²) in [6, 6.07) is 14.5. The molecule has 4 rings (SSSR count). The molecule has 162 valence electrons. The minimum absolute atomic E-state index is 0.130. The molecule has 1 aromatic heterocycles. The molecule has 0 aliphatic carbocycles. The van der Waals surface area contributed by atoms with Gasteiger partial charge in [-0.3, -0.25) is 4.79 Å². The molecule has 0 bridgehead atoms. The molecular weight excluding hydrogens is 386 g/mol. The average molecular weight is 418 g/mol. The first-order valence-electron chi connectivity index (χ1n) is 11.1. The van der Waals surface area contributed by atoms with Crippen molar-refractivity contribution in [3.05, 3.63) is 72.1 Å². The van der Waals surface area contributed by atoms with Crippen molar-refractivity contribution in [2.75, 3.05) is 19.7 Å². The number of likely N-dealkylation sites (tertiary alicyclic amines) is 1. The molecule has 1 aliphatic heterocycles. The summed E-state index contributed by atoms with van der Waals surface area (Å²) in [7, 11) is 0. The van der Waals surface area contributed by atoms with Crippen molar-refractivity contribution in [3.63, 3.8) is 0 Å². The van der Waals surface area contributed by atoms with Crippen LogP contribution in [0.4, 0.5) is 0 Å². The van der Waals surface area contributed by atoms with E-state index in [1.807, 2.05) is 11.0 Å². The Morgan fingerprint density at radius 1 is 1.13 bits per heavy atom. The minimum atomic E-state index is 0.130. The average Bonchev–Trinajstić information content (AvgIpc) is 3.30. The van der Waals surface area contributed by atoms with Crippen molar-refractivity contribution in [1.82, 2.24) is 14.5 Å². The Morgan fingerprint density at radius 3 is 2.68 bits per heavy atom. The molecule has 31 heavy (non-hydrogen) atoms. The number of aryl methyl sites for hydroxylation is 3. The first kappa shape index (κ1) is 21.2. The summed E-state index contributed by atoms with van der Waals surface area (Å²) in [5.41, 5.74) is 4.50. The van der Waals surface area contributed by atoms with Crippen LogP contribution in [0.5, 0.6) is 5.75 Å². The van der Waals surface area contributed by atoms with Gasteiger partial charge in [-0.15, -0.1) is 6.58 Å². The smallest absolute Gasteiger partial charge is 0.223 e. The highest BCUT2D eigenvalue weighted by atomic mass is 16.5. The summed E-state index contributed by atoms with van der Waals surface area (Å²) in [5, 5.41) is 0. The Morgan fingerprint density at radius 2 is 1.90 bits per heavy atom. The summed E-state index contributed by atoms with van der Waals surface area (Å²) in [6.07, 6.45) is 4.27. The molecule has 2 aromatic carbocycles. The monoisotopic (exact) mass is 417 g/mol. The van der Waals surface area contributed by atoms with Gasteiger partial charge in [-0.2, -0.15) is 0 Å². The van der Waals surface area contributed by atoms with Crippen molar-refractivity contribution < 1.29 is 9.53 Å². The van der Waals surface area contributed by atoms with Crippen LogP contribution < -0.4 is 4.74 Å². The first-order valence-corrected chi connectivity index (χ1v) is 11.1. The van der Waals surface area contributed by atoms with E-state index in [9.17, 15) is 4.79 Å². The number of imidazole rings is 1. The maximum atomic E-state index is 12.4. The molecule has 2 heterocycles. The van der Waals surface area contributed by atoms with Crippen molar-refractivity contribution in [2.24, 2.45) is 0 Å². The molecule has 0 spiro atoms. The van der Waals surface area contributed by atoms with Crippen molar-refractivity contribution >= 4 is 16.9 Å². The van der Waals surface area contributed by atoms with Gasteiger partial charge in [0.1, 0.15) is 11.6 Å². The molecule has 0 N–H and O–H groups in total. The van der Waals surface area contributed by atoms with Gasteiger partial charge in [0.05, 0.1) is 17.6 Å². The zero-order chi connectivity index (χ0) is 21.8. The highest BCUT2D eigenvalue weighted by molar-refractivity contribution is 5.81. The molecule has 5 nitrogen and oxygen atoms in total. The van der Waals surface area contributed by atoms with Gasteiger partial charge in [0.15, 0.2) is 0 Å². The number of benzene rings is 2. The number of rotatable bonds is 9. The minimum Gasteiger partial charge on any atom is -0.493 e. The standard InChI is InChI=1S/C26H31N3O2/c1-4-14-28-18-21(17-24(28)30)26-27-22-12-5-6-13-23(22)29(26)15-7-8-16-31-25-19(2)10-9-11-20(25)3/h4-6,9-13,21H,1,7-8,14-18H2,2-3H3/t21-/m0/s1. The highest BCUT2D eigenvalue weighted by Crippen LogP contribution is 2.30. The third kappa shape index (κ3) is 4.50. The maximum Gasteiger partial charge on any atom is 0.223 e. The number of hydrogen-bond donors (Lipinski definition) is 0. The summed E-state index contributed by atoms with van der Waals surface area (Å²) in [4.78, 5) is 19.2. The Kier molecular flexibility index (Phi) is 6.40. The number of unbranched alkanes of at least 4 members (excludes halogenated alkanes) is 1. The zero-order valence-corrected chi connectivity index (χ0v) is 18.5. The summed E-state index contributed by atoms with van der Waals surface area (Å²) < 4.78 is 8.38. The summed E-state index contributed by atoms with van der Waals surface area (Å²) in [5.74, 6) is 2.34. The van der Waals surface area contributed by atoms with Crippen LogP contribution in [0.15, 0.2) is 55.1 Å². The molecule has 5 heteroatoms. The SMILES string of the molecule is C=CCN1C[C@@H](c2nc3ccccc3n2CCCCOc2c(C)cccc2C)CC1=O. The molecule has 1 fully saturated rings. The summed E-state index contributed by atoms with van der Waals surface area (Å²) in [6.45, 7) is 10.8. The Bertz CT molecular complexity index is 1070. The zero-order valence-electron chi connectivity index (χ0n) is 18.5. The molecule has 0 saturated carbocycles. The second kappa shape index (κ2) is 9.38. The van der Waals surface area contributed by atoms with E-state index < -0.39 is 0 Å². The quantitative estimate of drug-likeness (QED) is 0.363. The van der Waals surface area contributed by atoms with Gasteiger partial charge in [-0.1, -0.05) is 36.4 Å². The lowest BCUT2D eigenvalue weighted by Crippen LogP contribution is -2.25. The number of nitrogens with zero attached hydrogens (tertiary/aromatic N) is 3.